The Balaban J connectivity index is 2.41. The number of hydrogen-bond acceptors (Lipinski definition) is 2. The lowest BCUT2D eigenvalue weighted by atomic mass is 10.1. The fourth-order valence-corrected chi connectivity index (χ4v) is 1.98. The Morgan fingerprint density at radius 3 is 2.80 bits per heavy atom. The summed E-state index contributed by atoms with van der Waals surface area (Å²) < 4.78 is 0. The predicted molar refractivity (Wildman–Crippen MR) is 62.3 cm³/mol. The minimum absolute atomic E-state index is 0.394. The van der Waals surface area contributed by atoms with Gasteiger partial charge >= 0.3 is 0 Å². The first kappa shape index (κ1) is 10.5. The number of anilines is 1. The number of allylic oxidation sites excluding steroid dienone is 1. The van der Waals surface area contributed by atoms with Gasteiger partial charge in [-0.25, -0.2) is 0 Å². The van der Waals surface area contributed by atoms with Crippen LogP contribution < -0.4 is 5.32 Å². The van der Waals surface area contributed by atoms with E-state index in [0.717, 1.165) is 24.0 Å². The number of aryl methyl sites for hydroxylation is 1. The standard InChI is InChI=1S/C11H9Cl2NO/c12-9-4-3-7-1-2-8(6-15)11(13)14-10(7)5-9/h3-6,14H,1-2H2. The lowest BCUT2D eigenvalue weighted by molar-refractivity contribution is -0.105. The fraction of sp³-hybridized carbons (Fsp3) is 0.182. The van der Waals surface area contributed by atoms with Gasteiger partial charge in [-0.1, -0.05) is 29.3 Å². The molecule has 15 heavy (non-hydrogen) atoms. The largest absolute Gasteiger partial charge is 0.346 e. The van der Waals surface area contributed by atoms with Crippen molar-refractivity contribution in [2.45, 2.75) is 12.8 Å². The van der Waals surface area contributed by atoms with E-state index in [1.165, 1.54) is 0 Å². The Morgan fingerprint density at radius 2 is 2.07 bits per heavy atom. The van der Waals surface area contributed by atoms with Crippen molar-refractivity contribution in [1.29, 1.82) is 0 Å². The summed E-state index contributed by atoms with van der Waals surface area (Å²) >= 11 is 11.8. The molecule has 0 unspecified atom stereocenters. The zero-order valence-electron chi connectivity index (χ0n) is 7.89. The van der Waals surface area contributed by atoms with Crippen LogP contribution in [0.25, 0.3) is 0 Å². The number of fused-ring (bicyclic) bond motifs is 1. The van der Waals surface area contributed by atoms with Gasteiger partial charge in [0, 0.05) is 16.3 Å². The van der Waals surface area contributed by atoms with Crippen LogP contribution in [0.1, 0.15) is 12.0 Å². The predicted octanol–water partition coefficient (Wildman–Crippen LogP) is 3.35. The van der Waals surface area contributed by atoms with Crippen LogP contribution in [-0.2, 0) is 11.2 Å². The van der Waals surface area contributed by atoms with Gasteiger partial charge in [0.15, 0.2) is 0 Å². The number of hydrogen-bond donors (Lipinski definition) is 1. The molecule has 78 valence electrons. The van der Waals surface area contributed by atoms with Crippen LogP contribution >= 0.6 is 23.2 Å². The summed E-state index contributed by atoms with van der Waals surface area (Å²) in [6.07, 6.45) is 2.25. The number of aldehydes is 1. The molecule has 1 aromatic carbocycles. The molecule has 1 heterocycles. The van der Waals surface area contributed by atoms with Gasteiger partial charge in [-0.3, -0.25) is 4.79 Å². The number of nitrogens with one attached hydrogen (secondary N) is 1. The van der Waals surface area contributed by atoms with Gasteiger partial charge in [0.2, 0.25) is 0 Å². The quantitative estimate of drug-likeness (QED) is 0.604. The number of rotatable bonds is 1. The van der Waals surface area contributed by atoms with E-state index in [1.54, 1.807) is 0 Å². The van der Waals surface area contributed by atoms with Crippen molar-refractivity contribution >= 4 is 35.2 Å². The second kappa shape index (κ2) is 4.25. The fourth-order valence-electron chi connectivity index (χ4n) is 1.57. The van der Waals surface area contributed by atoms with Crippen LogP contribution in [0.15, 0.2) is 28.9 Å². The van der Waals surface area contributed by atoms with Gasteiger partial charge < -0.3 is 5.32 Å². The maximum atomic E-state index is 10.7. The van der Waals surface area contributed by atoms with Gasteiger partial charge in [-0.05, 0) is 30.5 Å². The highest BCUT2D eigenvalue weighted by atomic mass is 35.5. The SMILES string of the molecule is O=CC1=C(Cl)Nc2cc(Cl)ccc2CC1. The maximum absolute atomic E-state index is 10.7. The number of carbonyl (C=O) groups excluding carboxylic acids is 1. The minimum atomic E-state index is 0.394. The Labute approximate surface area is 97.9 Å². The normalized spacial score (nSPS) is 15.3. The van der Waals surface area contributed by atoms with Gasteiger partial charge in [0.05, 0.1) is 0 Å². The molecular formula is C11H9Cl2NO. The van der Waals surface area contributed by atoms with Crippen LogP contribution in [0.3, 0.4) is 0 Å². The summed E-state index contributed by atoms with van der Waals surface area (Å²) in [6.45, 7) is 0. The molecule has 0 aromatic heterocycles. The van der Waals surface area contributed by atoms with Gasteiger partial charge in [0.1, 0.15) is 11.4 Å². The van der Waals surface area contributed by atoms with Crippen LogP contribution in [-0.4, -0.2) is 6.29 Å². The summed E-state index contributed by atoms with van der Waals surface area (Å²) in [7, 11) is 0. The summed E-state index contributed by atoms with van der Waals surface area (Å²) in [5, 5.41) is 4.04. The molecule has 1 N–H and O–H groups in total. The van der Waals surface area contributed by atoms with E-state index in [1.807, 2.05) is 18.2 Å². The Bertz CT molecular complexity index is 440. The highest BCUT2D eigenvalue weighted by Crippen LogP contribution is 2.29. The Hall–Kier alpha value is -0.990. The molecule has 4 heteroatoms. The zero-order valence-corrected chi connectivity index (χ0v) is 9.40. The lowest BCUT2D eigenvalue weighted by Crippen LogP contribution is -1.97. The Morgan fingerprint density at radius 1 is 1.27 bits per heavy atom. The lowest BCUT2D eigenvalue weighted by Gasteiger charge is -2.07. The van der Waals surface area contributed by atoms with E-state index >= 15 is 0 Å². The molecule has 0 amide bonds. The highest BCUT2D eigenvalue weighted by molar-refractivity contribution is 6.33. The molecule has 0 atom stereocenters. The average Bonchev–Trinajstić information content (AvgIpc) is 2.35. The molecular weight excluding hydrogens is 233 g/mol. The Kier molecular flexibility index (Phi) is 2.98. The second-order valence-corrected chi connectivity index (χ2v) is 4.20. The van der Waals surface area contributed by atoms with Crippen molar-refractivity contribution in [3.05, 3.63) is 39.5 Å². The highest BCUT2D eigenvalue weighted by Gasteiger charge is 2.13. The van der Waals surface area contributed by atoms with Crippen LogP contribution in [0.2, 0.25) is 5.02 Å². The van der Waals surface area contributed by atoms with Crippen LogP contribution in [0.5, 0.6) is 0 Å². The molecule has 0 saturated carbocycles. The van der Waals surface area contributed by atoms with Crippen LogP contribution in [0, 0.1) is 0 Å². The first-order chi connectivity index (χ1) is 7.20. The molecule has 1 aliphatic rings. The van der Waals surface area contributed by atoms with Gasteiger partial charge in [-0.2, -0.15) is 0 Å². The van der Waals surface area contributed by atoms with Gasteiger partial charge in [-0.15, -0.1) is 0 Å². The van der Waals surface area contributed by atoms with E-state index in [-0.39, 0.29) is 0 Å². The number of carbonyl (C=O) groups is 1. The molecule has 0 bridgehead atoms. The molecule has 0 aliphatic carbocycles. The van der Waals surface area contributed by atoms with Crippen molar-refractivity contribution in [3.63, 3.8) is 0 Å². The van der Waals surface area contributed by atoms with Gasteiger partial charge in [0.25, 0.3) is 0 Å². The molecule has 1 aliphatic heterocycles. The van der Waals surface area contributed by atoms with Crippen molar-refractivity contribution in [1.82, 2.24) is 0 Å². The minimum Gasteiger partial charge on any atom is -0.346 e. The van der Waals surface area contributed by atoms with Crippen molar-refractivity contribution in [3.8, 4) is 0 Å². The van der Waals surface area contributed by atoms with E-state index in [4.69, 9.17) is 23.2 Å². The topological polar surface area (TPSA) is 29.1 Å². The van der Waals surface area contributed by atoms with E-state index in [0.29, 0.717) is 22.2 Å². The monoisotopic (exact) mass is 241 g/mol. The summed E-state index contributed by atoms with van der Waals surface area (Å²) in [5.74, 6) is 0. The maximum Gasteiger partial charge on any atom is 0.149 e. The molecule has 2 nitrogen and oxygen atoms in total. The molecule has 1 aromatic rings. The van der Waals surface area contributed by atoms with Crippen molar-refractivity contribution < 1.29 is 4.79 Å². The first-order valence-electron chi connectivity index (χ1n) is 4.60. The average molecular weight is 242 g/mol. The molecule has 0 fully saturated rings. The van der Waals surface area contributed by atoms with E-state index in [2.05, 4.69) is 5.32 Å². The van der Waals surface area contributed by atoms with Crippen LogP contribution in [0.4, 0.5) is 5.69 Å². The van der Waals surface area contributed by atoms with Crippen molar-refractivity contribution in [2.75, 3.05) is 5.32 Å². The molecule has 2 rings (SSSR count). The first-order valence-corrected chi connectivity index (χ1v) is 5.35. The summed E-state index contributed by atoms with van der Waals surface area (Å²) in [4.78, 5) is 10.7. The molecule has 0 radical (unpaired) electrons. The van der Waals surface area contributed by atoms with E-state index in [9.17, 15) is 4.79 Å². The smallest absolute Gasteiger partial charge is 0.149 e. The summed E-state index contributed by atoms with van der Waals surface area (Å²) in [6, 6.07) is 5.59. The third-order valence-electron chi connectivity index (χ3n) is 2.40. The zero-order chi connectivity index (χ0) is 10.8. The van der Waals surface area contributed by atoms with E-state index < -0.39 is 0 Å². The third kappa shape index (κ3) is 2.16. The number of halogens is 2. The third-order valence-corrected chi connectivity index (χ3v) is 2.98. The summed E-state index contributed by atoms with van der Waals surface area (Å²) in [5.41, 5.74) is 2.60. The molecule has 0 spiro atoms. The second-order valence-electron chi connectivity index (χ2n) is 3.38. The molecule has 0 saturated heterocycles. The number of benzene rings is 1. The van der Waals surface area contributed by atoms with Crippen molar-refractivity contribution in [2.24, 2.45) is 0 Å².